The molecule has 0 radical (unpaired) electrons. The molecule has 3 heterocycles. The fourth-order valence-electron chi connectivity index (χ4n) is 11.3. The molecule has 15 rings (SSSR count). The van der Waals surface area contributed by atoms with E-state index in [1.807, 2.05) is 12.1 Å². The van der Waals surface area contributed by atoms with Crippen molar-refractivity contribution in [1.29, 1.82) is 0 Å². The van der Waals surface area contributed by atoms with Crippen LogP contribution in [0.4, 0.5) is 0 Å². The Bertz CT molecular complexity index is 4370. The smallest absolute Gasteiger partial charge is 0.135 e. The Labute approximate surface area is 373 Å². The Balaban J connectivity index is 0.825. The Morgan fingerprint density at radius 3 is 1.54 bits per heavy atom. The minimum Gasteiger partial charge on any atom is -0.456 e. The van der Waals surface area contributed by atoms with Crippen LogP contribution in [0.2, 0.25) is 0 Å². The average molecular weight is 825 g/mol. The predicted molar refractivity (Wildman–Crippen MR) is 273 cm³/mol. The molecule has 0 saturated heterocycles. The highest BCUT2D eigenvalue weighted by Gasteiger charge is 2.22. The van der Waals surface area contributed by atoms with Crippen molar-refractivity contribution in [2.45, 2.75) is 0 Å². The van der Waals surface area contributed by atoms with Gasteiger partial charge in [0.15, 0.2) is 0 Å². The van der Waals surface area contributed by atoms with Gasteiger partial charge < -0.3 is 13.6 Å². The molecular formula is C62H36N2O. The van der Waals surface area contributed by atoms with E-state index < -0.39 is 0 Å². The van der Waals surface area contributed by atoms with Gasteiger partial charge >= 0.3 is 0 Å². The molecule has 0 saturated carbocycles. The van der Waals surface area contributed by atoms with E-state index in [-0.39, 0.29) is 0 Å². The molecule has 0 spiro atoms. The molecule has 0 aliphatic heterocycles. The van der Waals surface area contributed by atoms with Gasteiger partial charge in [-0.1, -0.05) is 127 Å². The van der Waals surface area contributed by atoms with Gasteiger partial charge in [0, 0.05) is 43.7 Å². The first-order valence-corrected chi connectivity index (χ1v) is 22.4. The maximum absolute atomic E-state index is 6.20. The number of aromatic nitrogens is 2. The van der Waals surface area contributed by atoms with Crippen molar-refractivity contribution >= 4 is 87.1 Å². The molecule has 0 unspecified atom stereocenters. The lowest BCUT2D eigenvalue weighted by atomic mass is 9.95. The summed E-state index contributed by atoms with van der Waals surface area (Å²) in [6.45, 7) is 0. The Hall–Kier alpha value is -8.66. The van der Waals surface area contributed by atoms with Crippen LogP contribution in [0, 0.1) is 0 Å². The zero-order chi connectivity index (χ0) is 42.3. The van der Waals surface area contributed by atoms with Crippen molar-refractivity contribution in [2.24, 2.45) is 0 Å². The van der Waals surface area contributed by atoms with Crippen LogP contribution in [0.15, 0.2) is 223 Å². The third kappa shape index (κ3) is 4.95. The van der Waals surface area contributed by atoms with Gasteiger partial charge in [0.1, 0.15) is 11.2 Å². The van der Waals surface area contributed by atoms with Crippen LogP contribution in [0.1, 0.15) is 0 Å². The second kappa shape index (κ2) is 12.9. The summed E-state index contributed by atoms with van der Waals surface area (Å²) in [4.78, 5) is 0. The van der Waals surface area contributed by atoms with E-state index >= 15 is 0 Å². The van der Waals surface area contributed by atoms with Crippen LogP contribution in [0.3, 0.4) is 0 Å². The lowest BCUT2D eigenvalue weighted by Crippen LogP contribution is -1.94. The summed E-state index contributed by atoms with van der Waals surface area (Å²) >= 11 is 0. The summed E-state index contributed by atoms with van der Waals surface area (Å²) in [7, 11) is 0. The topological polar surface area (TPSA) is 23.0 Å². The van der Waals surface area contributed by atoms with Crippen molar-refractivity contribution in [3.05, 3.63) is 218 Å². The lowest BCUT2D eigenvalue weighted by molar-refractivity contribution is 0.669. The molecule has 0 N–H and O–H groups in total. The Morgan fingerprint density at radius 1 is 0.262 bits per heavy atom. The number of rotatable bonds is 4. The average Bonchev–Trinajstić information content (AvgIpc) is 4.10. The summed E-state index contributed by atoms with van der Waals surface area (Å²) in [5, 5.41) is 12.3. The van der Waals surface area contributed by atoms with Gasteiger partial charge in [-0.2, -0.15) is 0 Å². The number of fused-ring (bicyclic) bond motifs is 13. The fourth-order valence-corrected chi connectivity index (χ4v) is 11.3. The van der Waals surface area contributed by atoms with Crippen LogP contribution in [0.25, 0.3) is 143 Å². The molecular weight excluding hydrogens is 789 g/mol. The minimum atomic E-state index is 0.904. The van der Waals surface area contributed by atoms with Crippen molar-refractivity contribution in [2.75, 3.05) is 0 Å². The molecule has 3 nitrogen and oxygen atoms in total. The standard InChI is InChI=1S/C62H36N2O/c1-2-12-47-46(11-1)51-16-9-10-42-31-43(35-55(47)62(42)51)38-20-21-39-32-44(25-22-37(39)30-38)63-56-17-6-3-13-48(56)52-33-40(23-27-58(52)63)41-24-28-59-53(34-41)49-14-4-7-18-57(49)64(59)45-26-29-61-54(36-45)50-15-5-8-19-60(50)65-61/h1-36H. The Morgan fingerprint density at radius 2 is 0.785 bits per heavy atom. The SMILES string of the molecule is c1ccc2c(c1)-c1cccc3cc(-c4ccc5cc(-n6c7ccccc7c7cc(-c8ccc9c(c8)c8ccccc8n9-c8ccc9oc%10ccccc%10c9c8)ccc76)ccc5c4)cc-2c13. The third-order valence-electron chi connectivity index (χ3n) is 14.2. The number of hydrogen-bond acceptors (Lipinski definition) is 1. The second-order valence-corrected chi connectivity index (χ2v) is 17.7. The van der Waals surface area contributed by atoms with E-state index in [0.717, 1.165) is 33.3 Å². The van der Waals surface area contributed by atoms with Crippen molar-refractivity contribution < 1.29 is 4.42 Å². The van der Waals surface area contributed by atoms with Gasteiger partial charge in [-0.3, -0.25) is 0 Å². The van der Waals surface area contributed by atoms with Crippen LogP contribution in [-0.2, 0) is 0 Å². The first-order valence-electron chi connectivity index (χ1n) is 22.4. The molecule has 1 aliphatic rings. The maximum atomic E-state index is 6.20. The molecule has 300 valence electrons. The zero-order valence-corrected chi connectivity index (χ0v) is 35.1. The summed E-state index contributed by atoms with van der Waals surface area (Å²) in [5.74, 6) is 0. The van der Waals surface area contributed by atoms with Crippen molar-refractivity contribution in [3.8, 4) is 55.9 Å². The van der Waals surface area contributed by atoms with Gasteiger partial charge in [0.2, 0.25) is 0 Å². The summed E-state index contributed by atoms with van der Waals surface area (Å²) < 4.78 is 11.0. The third-order valence-corrected chi connectivity index (χ3v) is 14.2. The Kier molecular flexibility index (Phi) is 6.95. The molecule has 3 aromatic heterocycles. The molecule has 3 heteroatoms. The summed E-state index contributed by atoms with van der Waals surface area (Å²) in [6, 6.07) is 80.5. The lowest BCUT2D eigenvalue weighted by Gasteiger charge is -2.12. The normalized spacial score (nSPS) is 12.3. The highest BCUT2D eigenvalue weighted by molar-refractivity contribution is 6.17. The molecule has 1 aliphatic carbocycles. The van der Waals surface area contributed by atoms with E-state index in [9.17, 15) is 0 Å². The number of furan rings is 1. The van der Waals surface area contributed by atoms with E-state index in [1.165, 1.54) is 110 Å². The van der Waals surface area contributed by atoms with Gasteiger partial charge in [0.05, 0.1) is 22.1 Å². The van der Waals surface area contributed by atoms with Crippen LogP contribution in [0.5, 0.6) is 0 Å². The highest BCUT2D eigenvalue weighted by atomic mass is 16.3. The highest BCUT2D eigenvalue weighted by Crippen LogP contribution is 2.49. The molecule has 0 amide bonds. The molecule has 14 aromatic rings. The molecule has 0 atom stereocenters. The number of para-hydroxylation sites is 3. The molecule has 11 aromatic carbocycles. The molecule has 0 bridgehead atoms. The van der Waals surface area contributed by atoms with Crippen LogP contribution < -0.4 is 0 Å². The van der Waals surface area contributed by atoms with Gasteiger partial charge in [-0.15, -0.1) is 0 Å². The van der Waals surface area contributed by atoms with Gasteiger partial charge in [-0.05, 0) is 157 Å². The van der Waals surface area contributed by atoms with Crippen molar-refractivity contribution in [3.63, 3.8) is 0 Å². The van der Waals surface area contributed by atoms with E-state index in [2.05, 4.69) is 215 Å². The van der Waals surface area contributed by atoms with E-state index in [1.54, 1.807) is 0 Å². The number of nitrogens with zero attached hydrogens (tertiary/aromatic N) is 2. The summed E-state index contributed by atoms with van der Waals surface area (Å²) in [6.07, 6.45) is 0. The molecule has 65 heavy (non-hydrogen) atoms. The van der Waals surface area contributed by atoms with E-state index in [4.69, 9.17) is 4.42 Å². The number of hydrogen-bond donors (Lipinski definition) is 0. The molecule has 0 fully saturated rings. The van der Waals surface area contributed by atoms with Crippen LogP contribution in [-0.4, -0.2) is 9.13 Å². The quantitative estimate of drug-likeness (QED) is 0.173. The van der Waals surface area contributed by atoms with Crippen LogP contribution >= 0.6 is 0 Å². The largest absolute Gasteiger partial charge is 0.456 e. The monoisotopic (exact) mass is 824 g/mol. The minimum absolute atomic E-state index is 0.904. The zero-order valence-electron chi connectivity index (χ0n) is 35.1. The van der Waals surface area contributed by atoms with Crippen molar-refractivity contribution in [1.82, 2.24) is 9.13 Å². The second-order valence-electron chi connectivity index (χ2n) is 17.7. The van der Waals surface area contributed by atoms with E-state index in [0.29, 0.717) is 0 Å². The first-order chi connectivity index (χ1) is 32.2. The maximum Gasteiger partial charge on any atom is 0.135 e. The number of benzene rings is 11. The van der Waals surface area contributed by atoms with Gasteiger partial charge in [-0.25, -0.2) is 0 Å². The first kappa shape index (κ1) is 34.9. The fraction of sp³-hybridized carbons (Fsp3) is 0. The van der Waals surface area contributed by atoms with Gasteiger partial charge in [0.25, 0.3) is 0 Å². The predicted octanol–water partition coefficient (Wildman–Crippen LogP) is 17.1. The summed E-state index contributed by atoms with van der Waals surface area (Å²) in [5.41, 5.74) is 19.0.